The van der Waals surface area contributed by atoms with Gasteiger partial charge in [0.1, 0.15) is 0 Å². The van der Waals surface area contributed by atoms with Gasteiger partial charge >= 0.3 is 0 Å². The van der Waals surface area contributed by atoms with Crippen molar-refractivity contribution in [3.05, 3.63) is 0 Å². The number of nitrogens with one attached hydrogen (secondary N) is 2. The Labute approximate surface area is 117 Å². The lowest BCUT2D eigenvalue weighted by molar-refractivity contribution is -0.133. The summed E-state index contributed by atoms with van der Waals surface area (Å²) in [7, 11) is 0. The quantitative estimate of drug-likeness (QED) is 0.824. The van der Waals surface area contributed by atoms with Crippen molar-refractivity contribution in [1.82, 2.24) is 10.6 Å². The van der Waals surface area contributed by atoms with Gasteiger partial charge < -0.3 is 10.6 Å². The SMILES string of the molecule is CC1(C)CCC(NC(=O)C(C)(C)C2CCCNC2)C1. The van der Waals surface area contributed by atoms with Crippen LogP contribution in [-0.4, -0.2) is 25.0 Å². The molecule has 2 N–H and O–H groups in total. The molecule has 0 spiro atoms. The molecular weight excluding hydrogens is 236 g/mol. The fraction of sp³-hybridized carbons (Fsp3) is 0.938. The standard InChI is InChI=1S/C16H30N2O/c1-15(2)8-7-13(10-15)18-14(19)16(3,4)12-6-5-9-17-11-12/h12-13,17H,5-11H2,1-4H3,(H,18,19). The molecule has 2 unspecified atom stereocenters. The maximum Gasteiger partial charge on any atom is 0.226 e. The van der Waals surface area contributed by atoms with Gasteiger partial charge in [-0.05, 0) is 56.5 Å². The second-order valence-electron chi connectivity index (χ2n) is 7.84. The van der Waals surface area contributed by atoms with Gasteiger partial charge in [0.2, 0.25) is 5.91 Å². The largest absolute Gasteiger partial charge is 0.353 e. The number of piperidine rings is 1. The van der Waals surface area contributed by atoms with Gasteiger partial charge in [-0.2, -0.15) is 0 Å². The highest BCUT2D eigenvalue weighted by Gasteiger charge is 2.39. The fourth-order valence-corrected chi connectivity index (χ4v) is 3.58. The summed E-state index contributed by atoms with van der Waals surface area (Å²) in [6.07, 6.45) is 5.85. The predicted octanol–water partition coefficient (Wildman–Crippen LogP) is 2.71. The van der Waals surface area contributed by atoms with Gasteiger partial charge in [-0.15, -0.1) is 0 Å². The van der Waals surface area contributed by atoms with Crippen LogP contribution in [0, 0.1) is 16.7 Å². The van der Waals surface area contributed by atoms with Crippen molar-refractivity contribution in [2.45, 2.75) is 65.8 Å². The van der Waals surface area contributed by atoms with E-state index in [-0.39, 0.29) is 11.3 Å². The van der Waals surface area contributed by atoms with Crippen LogP contribution in [0.5, 0.6) is 0 Å². The Kier molecular flexibility index (Phi) is 4.24. The van der Waals surface area contributed by atoms with E-state index in [2.05, 4.69) is 38.3 Å². The van der Waals surface area contributed by atoms with Crippen LogP contribution in [0.2, 0.25) is 0 Å². The summed E-state index contributed by atoms with van der Waals surface area (Å²) < 4.78 is 0. The number of carbonyl (C=O) groups excluding carboxylic acids is 1. The Hall–Kier alpha value is -0.570. The molecule has 110 valence electrons. The van der Waals surface area contributed by atoms with E-state index in [1.54, 1.807) is 0 Å². The van der Waals surface area contributed by atoms with E-state index in [9.17, 15) is 4.79 Å². The molecule has 0 aromatic rings. The topological polar surface area (TPSA) is 41.1 Å². The molecule has 0 bridgehead atoms. The number of hydrogen-bond donors (Lipinski definition) is 2. The molecule has 3 nitrogen and oxygen atoms in total. The van der Waals surface area contributed by atoms with Gasteiger partial charge in [-0.1, -0.05) is 27.7 Å². The lowest BCUT2D eigenvalue weighted by Crippen LogP contribution is -2.49. The molecule has 2 fully saturated rings. The zero-order valence-corrected chi connectivity index (χ0v) is 13.0. The molecule has 1 aliphatic carbocycles. The van der Waals surface area contributed by atoms with Crippen LogP contribution in [0.15, 0.2) is 0 Å². The Morgan fingerprint density at radius 2 is 2.05 bits per heavy atom. The Balaban J connectivity index is 1.91. The molecule has 1 saturated carbocycles. The highest BCUT2D eigenvalue weighted by Crippen LogP contribution is 2.38. The molecule has 2 rings (SSSR count). The van der Waals surface area contributed by atoms with Crippen LogP contribution in [0.1, 0.15) is 59.8 Å². The Morgan fingerprint density at radius 3 is 2.58 bits per heavy atom. The summed E-state index contributed by atoms with van der Waals surface area (Å²) >= 11 is 0. The molecule has 3 heteroatoms. The van der Waals surface area contributed by atoms with Crippen LogP contribution < -0.4 is 10.6 Å². The van der Waals surface area contributed by atoms with Crippen molar-refractivity contribution in [3.8, 4) is 0 Å². The summed E-state index contributed by atoms with van der Waals surface area (Å²) in [5.41, 5.74) is 0.147. The van der Waals surface area contributed by atoms with E-state index >= 15 is 0 Å². The molecule has 2 atom stereocenters. The van der Waals surface area contributed by atoms with E-state index in [0.717, 1.165) is 25.9 Å². The molecule has 1 heterocycles. The third-order valence-electron chi connectivity index (χ3n) is 5.21. The number of carbonyl (C=O) groups is 1. The van der Waals surface area contributed by atoms with Crippen LogP contribution in [0.4, 0.5) is 0 Å². The minimum absolute atomic E-state index is 0.250. The smallest absolute Gasteiger partial charge is 0.226 e. The van der Waals surface area contributed by atoms with Crippen molar-refractivity contribution < 1.29 is 4.79 Å². The third kappa shape index (κ3) is 3.50. The van der Waals surface area contributed by atoms with Crippen molar-refractivity contribution >= 4 is 5.91 Å². The minimum Gasteiger partial charge on any atom is -0.353 e. The molecule has 1 amide bonds. The van der Waals surface area contributed by atoms with E-state index in [0.29, 0.717) is 17.4 Å². The molecule has 0 radical (unpaired) electrons. The van der Waals surface area contributed by atoms with Crippen molar-refractivity contribution in [2.24, 2.45) is 16.7 Å². The number of hydrogen-bond acceptors (Lipinski definition) is 2. The molecule has 1 saturated heterocycles. The minimum atomic E-state index is -0.250. The van der Waals surface area contributed by atoms with Crippen LogP contribution in [-0.2, 0) is 4.79 Å². The van der Waals surface area contributed by atoms with Crippen molar-refractivity contribution in [2.75, 3.05) is 13.1 Å². The van der Waals surface area contributed by atoms with E-state index in [4.69, 9.17) is 0 Å². The number of rotatable bonds is 3. The average molecular weight is 266 g/mol. The predicted molar refractivity (Wildman–Crippen MR) is 78.9 cm³/mol. The number of amides is 1. The van der Waals surface area contributed by atoms with Gasteiger partial charge in [-0.25, -0.2) is 0 Å². The highest BCUT2D eigenvalue weighted by molar-refractivity contribution is 5.82. The summed E-state index contributed by atoms with van der Waals surface area (Å²) in [4.78, 5) is 12.6. The van der Waals surface area contributed by atoms with Gasteiger partial charge in [0, 0.05) is 11.5 Å². The second-order valence-corrected chi connectivity index (χ2v) is 7.84. The van der Waals surface area contributed by atoms with Gasteiger partial charge in [0.25, 0.3) is 0 Å². The monoisotopic (exact) mass is 266 g/mol. The molecule has 19 heavy (non-hydrogen) atoms. The maximum absolute atomic E-state index is 12.6. The van der Waals surface area contributed by atoms with E-state index < -0.39 is 0 Å². The van der Waals surface area contributed by atoms with Gasteiger partial charge in [-0.3, -0.25) is 4.79 Å². The first-order chi connectivity index (χ1) is 8.81. The van der Waals surface area contributed by atoms with Gasteiger partial charge in [0.15, 0.2) is 0 Å². The third-order valence-corrected chi connectivity index (χ3v) is 5.21. The highest BCUT2D eigenvalue weighted by atomic mass is 16.2. The van der Waals surface area contributed by atoms with Crippen LogP contribution in [0.25, 0.3) is 0 Å². The normalized spacial score (nSPS) is 31.2. The average Bonchev–Trinajstić information content (AvgIpc) is 2.69. The first-order valence-electron chi connectivity index (χ1n) is 7.83. The molecule has 1 aliphatic heterocycles. The second kappa shape index (κ2) is 5.43. The summed E-state index contributed by atoms with van der Waals surface area (Å²) in [5, 5.41) is 6.73. The molecule has 0 aromatic heterocycles. The molecule has 0 aromatic carbocycles. The Morgan fingerprint density at radius 1 is 1.32 bits per heavy atom. The van der Waals surface area contributed by atoms with Crippen LogP contribution in [0.3, 0.4) is 0 Å². The lowest BCUT2D eigenvalue weighted by atomic mass is 9.74. The zero-order chi connectivity index (χ0) is 14.1. The lowest BCUT2D eigenvalue weighted by Gasteiger charge is -2.36. The van der Waals surface area contributed by atoms with Gasteiger partial charge in [0.05, 0.1) is 0 Å². The summed E-state index contributed by atoms with van der Waals surface area (Å²) in [6, 6.07) is 0.387. The summed E-state index contributed by atoms with van der Waals surface area (Å²) in [6.45, 7) is 10.9. The summed E-state index contributed by atoms with van der Waals surface area (Å²) in [5.74, 6) is 0.722. The van der Waals surface area contributed by atoms with E-state index in [1.807, 2.05) is 0 Å². The van der Waals surface area contributed by atoms with Crippen LogP contribution >= 0.6 is 0 Å². The molecular formula is C16H30N2O. The first kappa shape index (κ1) is 14.8. The van der Waals surface area contributed by atoms with Crippen molar-refractivity contribution in [1.29, 1.82) is 0 Å². The van der Waals surface area contributed by atoms with E-state index in [1.165, 1.54) is 19.3 Å². The fourth-order valence-electron chi connectivity index (χ4n) is 3.58. The first-order valence-corrected chi connectivity index (χ1v) is 7.83. The maximum atomic E-state index is 12.6. The molecule has 2 aliphatic rings. The zero-order valence-electron chi connectivity index (χ0n) is 13.0. The Bertz CT molecular complexity index is 330. The van der Waals surface area contributed by atoms with Crippen molar-refractivity contribution in [3.63, 3.8) is 0 Å².